The Hall–Kier alpha value is -2.09. The van der Waals surface area contributed by atoms with Crippen LogP contribution in [-0.4, -0.2) is 10.9 Å². The van der Waals surface area contributed by atoms with Crippen LogP contribution in [0.1, 0.15) is 40.5 Å². The summed E-state index contributed by atoms with van der Waals surface area (Å²) in [6, 6.07) is 13.6. The quantitative estimate of drug-likeness (QED) is 0.763. The van der Waals surface area contributed by atoms with Crippen molar-refractivity contribution >= 4 is 5.78 Å². The van der Waals surface area contributed by atoms with Gasteiger partial charge in [-0.15, -0.1) is 0 Å². The third kappa shape index (κ3) is 1.10. The van der Waals surface area contributed by atoms with Crippen molar-refractivity contribution in [2.75, 3.05) is 0 Å². The molecule has 2 heteroatoms. The first-order chi connectivity index (χ1) is 8.75. The zero-order chi connectivity index (χ0) is 12.3. The smallest absolute Gasteiger partial charge is 0.145 e. The Balaban J connectivity index is 2.05. The average molecular weight is 236 g/mol. The summed E-state index contributed by atoms with van der Waals surface area (Å²) in [6.45, 7) is 0. The van der Waals surface area contributed by atoms with Gasteiger partial charge < -0.3 is 5.11 Å². The Morgan fingerprint density at radius 2 is 1.67 bits per heavy atom. The van der Waals surface area contributed by atoms with Gasteiger partial charge in [0.1, 0.15) is 11.5 Å². The Kier molecular flexibility index (Phi) is 1.77. The lowest BCUT2D eigenvalue weighted by atomic mass is 9.63. The van der Waals surface area contributed by atoms with E-state index in [1.54, 1.807) is 6.07 Å². The lowest BCUT2D eigenvalue weighted by Crippen LogP contribution is -2.32. The van der Waals surface area contributed by atoms with Crippen molar-refractivity contribution in [1.29, 1.82) is 0 Å². The molecule has 0 spiro atoms. The fourth-order valence-corrected chi connectivity index (χ4v) is 3.44. The minimum Gasteiger partial charge on any atom is -0.508 e. The van der Waals surface area contributed by atoms with E-state index in [2.05, 4.69) is 12.1 Å². The van der Waals surface area contributed by atoms with E-state index < -0.39 is 0 Å². The van der Waals surface area contributed by atoms with Crippen LogP contribution in [0.25, 0.3) is 0 Å². The maximum atomic E-state index is 12.2. The van der Waals surface area contributed by atoms with Crippen LogP contribution in [0.4, 0.5) is 0 Å². The minimum absolute atomic E-state index is 0.123. The first-order valence-electron chi connectivity index (χ1n) is 6.20. The number of rotatable bonds is 0. The Bertz CT molecular complexity index is 673. The molecule has 5 rings (SSSR count). The molecule has 1 N–H and O–H groups in total. The van der Waals surface area contributed by atoms with Gasteiger partial charge in [-0.1, -0.05) is 30.3 Å². The van der Waals surface area contributed by atoms with E-state index in [4.69, 9.17) is 0 Å². The molecule has 18 heavy (non-hydrogen) atoms. The average Bonchev–Trinajstić information content (AvgIpc) is 2.39. The summed E-state index contributed by atoms with van der Waals surface area (Å²) in [5.74, 6) is 0.589. The number of phenolic OH excluding ortho intramolecular Hbond substituents is 1. The molecule has 2 aromatic rings. The van der Waals surface area contributed by atoms with E-state index in [0.29, 0.717) is 12.2 Å². The number of ketones is 1. The van der Waals surface area contributed by atoms with Crippen molar-refractivity contribution in [3.8, 4) is 5.75 Å². The molecule has 3 aliphatic rings. The van der Waals surface area contributed by atoms with E-state index >= 15 is 0 Å². The fourth-order valence-electron chi connectivity index (χ4n) is 3.44. The second-order valence-corrected chi connectivity index (χ2v) is 5.10. The van der Waals surface area contributed by atoms with Crippen LogP contribution < -0.4 is 0 Å². The first kappa shape index (κ1) is 9.89. The van der Waals surface area contributed by atoms with Gasteiger partial charge in [-0.2, -0.15) is 0 Å². The SMILES string of the molecule is O=C1C[C@H]2c3ccccc3[C@@H]1c1ccc(O)cc12. The Morgan fingerprint density at radius 1 is 0.944 bits per heavy atom. The molecule has 0 saturated heterocycles. The normalized spacial score (nSPS) is 23.7. The van der Waals surface area contributed by atoms with E-state index in [0.717, 1.165) is 16.7 Å². The van der Waals surface area contributed by atoms with E-state index in [1.807, 2.05) is 24.3 Å². The Labute approximate surface area is 105 Å². The highest BCUT2D eigenvalue weighted by molar-refractivity contribution is 5.95. The van der Waals surface area contributed by atoms with E-state index in [-0.39, 0.29) is 17.6 Å². The van der Waals surface area contributed by atoms with Crippen LogP contribution in [-0.2, 0) is 4.79 Å². The van der Waals surface area contributed by atoms with Gasteiger partial charge in [-0.05, 0) is 34.4 Å². The number of fused-ring (bicyclic) bond motifs is 1. The van der Waals surface area contributed by atoms with Crippen molar-refractivity contribution < 1.29 is 9.90 Å². The molecule has 0 aromatic heterocycles. The van der Waals surface area contributed by atoms with Gasteiger partial charge in [-0.25, -0.2) is 0 Å². The van der Waals surface area contributed by atoms with Gasteiger partial charge in [0.05, 0.1) is 5.92 Å². The van der Waals surface area contributed by atoms with Crippen LogP contribution in [0.2, 0.25) is 0 Å². The zero-order valence-corrected chi connectivity index (χ0v) is 9.76. The predicted octanol–water partition coefficient (Wildman–Crippen LogP) is 2.94. The minimum atomic E-state index is -0.123. The molecule has 0 unspecified atom stereocenters. The van der Waals surface area contributed by atoms with E-state index in [1.165, 1.54) is 5.56 Å². The van der Waals surface area contributed by atoms with Crippen LogP contribution in [0.15, 0.2) is 42.5 Å². The standard InChI is InChI=1S/C16H12O2/c17-9-5-6-12-13(7-9)14-8-15(18)16(12)11-4-2-1-3-10(11)14/h1-7,14,16-17H,8H2/t14-,16+/m0/s1. The van der Waals surface area contributed by atoms with Gasteiger partial charge in [0.2, 0.25) is 0 Å². The number of carbonyl (C=O) groups is 1. The summed E-state index contributed by atoms with van der Waals surface area (Å²) < 4.78 is 0. The number of carbonyl (C=O) groups excluding carboxylic acids is 1. The van der Waals surface area contributed by atoms with Gasteiger partial charge in [0.15, 0.2) is 0 Å². The van der Waals surface area contributed by atoms with Crippen molar-refractivity contribution in [1.82, 2.24) is 0 Å². The molecule has 0 amide bonds. The summed E-state index contributed by atoms with van der Waals surface area (Å²) in [5, 5.41) is 9.65. The maximum absolute atomic E-state index is 12.2. The molecule has 88 valence electrons. The molecule has 0 saturated carbocycles. The highest BCUT2D eigenvalue weighted by atomic mass is 16.3. The summed E-state index contributed by atoms with van der Waals surface area (Å²) in [4.78, 5) is 12.2. The number of hydrogen-bond acceptors (Lipinski definition) is 2. The van der Waals surface area contributed by atoms with Crippen molar-refractivity contribution in [3.05, 3.63) is 64.7 Å². The summed E-state index contributed by atoms with van der Waals surface area (Å²) in [5.41, 5.74) is 4.60. The van der Waals surface area contributed by atoms with E-state index in [9.17, 15) is 9.90 Å². The second kappa shape index (κ2) is 3.22. The molecular formula is C16H12O2. The van der Waals surface area contributed by atoms with Crippen LogP contribution in [0.3, 0.4) is 0 Å². The fraction of sp³-hybridized carbons (Fsp3) is 0.188. The number of aromatic hydroxyl groups is 1. The first-order valence-corrected chi connectivity index (χ1v) is 6.20. The van der Waals surface area contributed by atoms with Crippen LogP contribution in [0, 0.1) is 0 Å². The number of phenols is 1. The van der Waals surface area contributed by atoms with Crippen LogP contribution in [0.5, 0.6) is 5.75 Å². The van der Waals surface area contributed by atoms with Crippen molar-refractivity contribution in [2.24, 2.45) is 0 Å². The number of hydrogen-bond donors (Lipinski definition) is 1. The second-order valence-electron chi connectivity index (χ2n) is 5.10. The number of benzene rings is 2. The summed E-state index contributed by atoms with van der Waals surface area (Å²) in [7, 11) is 0. The largest absolute Gasteiger partial charge is 0.508 e. The lowest BCUT2D eigenvalue weighted by molar-refractivity contribution is -0.120. The molecular weight excluding hydrogens is 224 g/mol. The summed E-state index contributed by atoms with van der Waals surface area (Å²) >= 11 is 0. The molecule has 0 aliphatic heterocycles. The molecule has 3 aliphatic carbocycles. The van der Waals surface area contributed by atoms with Gasteiger partial charge in [0, 0.05) is 12.3 Å². The monoisotopic (exact) mass is 236 g/mol. The van der Waals surface area contributed by atoms with Gasteiger partial charge in [-0.3, -0.25) is 4.79 Å². The molecule has 0 radical (unpaired) electrons. The molecule has 2 bridgehead atoms. The van der Waals surface area contributed by atoms with Crippen molar-refractivity contribution in [3.63, 3.8) is 0 Å². The lowest BCUT2D eigenvalue weighted by Gasteiger charge is -2.39. The third-order valence-corrected chi connectivity index (χ3v) is 4.17. The van der Waals surface area contributed by atoms with Gasteiger partial charge in [0.25, 0.3) is 0 Å². The predicted molar refractivity (Wildman–Crippen MR) is 67.9 cm³/mol. The highest BCUT2D eigenvalue weighted by Crippen LogP contribution is 2.51. The molecule has 2 nitrogen and oxygen atoms in total. The molecule has 2 atom stereocenters. The Morgan fingerprint density at radius 3 is 2.50 bits per heavy atom. The van der Waals surface area contributed by atoms with Crippen molar-refractivity contribution in [2.45, 2.75) is 18.3 Å². The molecule has 2 aromatic carbocycles. The zero-order valence-electron chi connectivity index (χ0n) is 9.76. The highest BCUT2D eigenvalue weighted by Gasteiger charge is 2.42. The third-order valence-electron chi connectivity index (χ3n) is 4.17. The maximum Gasteiger partial charge on any atom is 0.145 e. The molecule has 0 fully saturated rings. The van der Waals surface area contributed by atoms with Gasteiger partial charge >= 0.3 is 0 Å². The summed E-state index contributed by atoms with van der Waals surface area (Å²) in [6.07, 6.45) is 0.568. The molecule has 0 heterocycles. The number of Topliss-reactive ketones (excluding diaryl/α,β-unsaturated/α-hetero) is 1. The topological polar surface area (TPSA) is 37.3 Å². The van der Waals surface area contributed by atoms with Crippen LogP contribution >= 0.6 is 0 Å².